The molecule has 0 saturated heterocycles. The van der Waals surface area contributed by atoms with Crippen LogP contribution in [0.5, 0.6) is 0 Å². The van der Waals surface area contributed by atoms with Crippen molar-refractivity contribution >= 4 is 48.9 Å². The van der Waals surface area contributed by atoms with Crippen molar-refractivity contribution in [3.63, 3.8) is 0 Å². The highest BCUT2D eigenvalue weighted by Crippen LogP contribution is 2.33. The Morgan fingerprint density at radius 1 is 1.25 bits per heavy atom. The molecule has 0 bridgehead atoms. The fraction of sp³-hybridized carbons (Fsp3) is 0.320. The number of aromatic nitrogens is 4. The van der Waals surface area contributed by atoms with Crippen molar-refractivity contribution in [3.8, 4) is 0 Å². The maximum absolute atomic E-state index is 15.0. The van der Waals surface area contributed by atoms with E-state index in [4.69, 9.17) is 4.84 Å². The standard InChI is InChI=1S/C25H26FN7O2S/c1-15-27-10-11-32(15)12-13-35-31-21-22(34)17-14-18(26)23(29-9-8-28-16-6-7-16)30-24(17)33-19-4-2-3-5-20(19)36-25(21)33/h2-5,10-11,14,16,28,31H,6-9,12-13H2,1H3,(H,29,30). The maximum Gasteiger partial charge on any atom is 0.218 e. The fourth-order valence-corrected chi connectivity index (χ4v) is 5.41. The maximum atomic E-state index is 15.0. The Hall–Kier alpha value is -3.54. The number of hydrogen-bond donors (Lipinski definition) is 3. The molecule has 1 aromatic carbocycles. The van der Waals surface area contributed by atoms with Gasteiger partial charge in [-0.05, 0) is 38.0 Å². The molecule has 4 aromatic heterocycles. The van der Waals surface area contributed by atoms with Gasteiger partial charge in [0, 0.05) is 38.1 Å². The van der Waals surface area contributed by atoms with Crippen molar-refractivity contribution in [1.29, 1.82) is 0 Å². The van der Waals surface area contributed by atoms with Gasteiger partial charge in [0.25, 0.3) is 0 Å². The van der Waals surface area contributed by atoms with Crippen LogP contribution in [0.1, 0.15) is 18.7 Å². The lowest BCUT2D eigenvalue weighted by atomic mass is 10.2. The number of nitrogens with one attached hydrogen (secondary N) is 3. The van der Waals surface area contributed by atoms with E-state index in [0.717, 1.165) is 22.6 Å². The van der Waals surface area contributed by atoms with Gasteiger partial charge < -0.3 is 15.2 Å². The van der Waals surface area contributed by atoms with Gasteiger partial charge in [0.1, 0.15) is 16.3 Å². The number of hydrogen-bond acceptors (Lipinski definition) is 8. The molecule has 0 aliphatic heterocycles. The summed E-state index contributed by atoms with van der Waals surface area (Å²) >= 11 is 1.46. The first kappa shape index (κ1) is 22.9. The van der Waals surface area contributed by atoms with Crippen LogP contribution in [0, 0.1) is 12.7 Å². The van der Waals surface area contributed by atoms with Gasteiger partial charge in [-0.2, -0.15) is 0 Å². The largest absolute Gasteiger partial charge is 0.366 e. The topological polar surface area (TPSA) is 97.5 Å². The van der Waals surface area contributed by atoms with Gasteiger partial charge in [0.05, 0.1) is 22.2 Å². The number of aryl methyl sites for hydroxylation is 1. The van der Waals surface area contributed by atoms with Crippen LogP contribution in [-0.2, 0) is 11.4 Å². The number of rotatable bonds is 10. The third-order valence-corrected chi connectivity index (χ3v) is 7.47. The molecule has 9 nitrogen and oxygen atoms in total. The van der Waals surface area contributed by atoms with Crippen LogP contribution in [0.2, 0.25) is 0 Å². The molecular formula is C25H26FN7O2S. The number of nitrogens with zero attached hydrogens (tertiary/aromatic N) is 4. The molecule has 1 aliphatic carbocycles. The second-order valence-electron chi connectivity index (χ2n) is 8.88. The predicted molar refractivity (Wildman–Crippen MR) is 140 cm³/mol. The van der Waals surface area contributed by atoms with Crippen molar-refractivity contribution in [2.24, 2.45) is 0 Å². The van der Waals surface area contributed by atoms with Gasteiger partial charge in [-0.1, -0.05) is 12.1 Å². The average Bonchev–Trinajstić information content (AvgIpc) is 3.49. The number of para-hydroxylation sites is 1. The van der Waals surface area contributed by atoms with E-state index in [1.54, 1.807) is 6.20 Å². The van der Waals surface area contributed by atoms with Crippen molar-refractivity contribution in [2.75, 3.05) is 30.5 Å². The molecule has 0 spiro atoms. The molecule has 1 fully saturated rings. The van der Waals surface area contributed by atoms with E-state index in [1.165, 1.54) is 30.2 Å². The zero-order valence-corrected chi connectivity index (χ0v) is 20.6. The number of pyridine rings is 2. The molecule has 1 aliphatic rings. The summed E-state index contributed by atoms with van der Waals surface area (Å²) in [5, 5.41) is 6.66. The number of benzene rings is 1. The molecule has 0 amide bonds. The molecule has 11 heteroatoms. The molecule has 36 heavy (non-hydrogen) atoms. The fourth-order valence-electron chi connectivity index (χ4n) is 4.27. The van der Waals surface area contributed by atoms with E-state index in [0.29, 0.717) is 36.2 Å². The Morgan fingerprint density at radius 2 is 2.11 bits per heavy atom. The Labute approximate surface area is 209 Å². The minimum absolute atomic E-state index is 0.135. The van der Waals surface area contributed by atoms with Gasteiger partial charge in [0.15, 0.2) is 17.3 Å². The van der Waals surface area contributed by atoms with Crippen LogP contribution in [0.25, 0.3) is 26.1 Å². The molecule has 1 saturated carbocycles. The Bertz CT molecular complexity index is 1620. The minimum Gasteiger partial charge on any atom is -0.366 e. The molecule has 186 valence electrons. The van der Waals surface area contributed by atoms with Crippen LogP contribution in [0.3, 0.4) is 0 Å². The van der Waals surface area contributed by atoms with E-state index in [1.807, 2.05) is 46.4 Å². The van der Waals surface area contributed by atoms with E-state index >= 15 is 4.39 Å². The Kier molecular flexibility index (Phi) is 6.04. The normalized spacial score (nSPS) is 13.7. The van der Waals surface area contributed by atoms with Gasteiger partial charge >= 0.3 is 0 Å². The lowest BCUT2D eigenvalue weighted by Gasteiger charge is -2.13. The second-order valence-corrected chi connectivity index (χ2v) is 9.91. The summed E-state index contributed by atoms with van der Waals surface area (Å²) in [6, 6.07) is 9.67. The molecule has 5 aromatic rings. The smallest absolute Gasteiger partial charge is 0.218 e. The highest BCUT2D eigenvalue weighted by molar-refractivity contribution is 7.24. The number of anilines is 2. The number of fused-ring (bicyclic) bond motifs is 5. The Balaban J connectivity index is 1.37. The first-order chi connectivity index (χ1) is 17.6. The summed E-state index contributed by atoms with van der Waals surface area (Å²) in [6.45, 7) is 4.07. The van der Waals surface area contributed by atoms with Crippen molar-refractivity contribution in [2.45, 2.75) is 32.4 Å². The summed E-state index contributed by atoms with van der Waals surface area (Å²) in [6.07, 6.45) is 5.99. The molecule has 3 N–H and O–H groups in total. The SMILES string of the molecule is Cc1nccn1CCONc1c(=O)c2cc(F)c(NCCNC3CC3)nc2n2c1sc1ccccc12. The zero-order valence-electron chi connectivity index (χ0n) is 19.8. The number of imidazole rings is 1. The zero-order chi connectivity index (χ0) is 24.6. The molecule has 0 radical (unpaired) electrons. The van der Waals surface area contributed by atoms with E-state index in [-0.39, 0.29) is 22.3 Å². The first-order valence-electron chi connectivity index (χ1n) is 12.0. The first-order valence-corrected chi connectivity index (χ1v) is 12.8. The van der Waals surface area contributed by atoms with E-state index in [2.05, 4.69) is 26.1 Å². The molecule has 0 unspecified atom stereocenters. The molecule has 0 atom stereocenters. The van der Waals surface area contributed by atoms with Crippen molar-refractivity contribution < 1.29 is 9.23 Å². The number of halogens is 1. The summed E-state index contributed by atoms with van der Waals surface area (Å²) in [5.41, 5.74) is 4.06. The summed E-state index contributed by atoms with van der Waals surface area (Å²) in [5.74, 6) is 0.453. The second kappa shape index (κ2) is 9.49. The van der Waals surface area contributed by atoms with Gasteiger partial charge in [-0.25, -0.2) is 14.4 Å². The average molecular weight is 508 g/mol. The van der Waals surface area contributed by atoms with Crippen LogP contribution in [0.15, 0.2) is 47.5 Å². The predicted octanol–water partition coefficient (Wildman–Crippen LogP) is 3.91. The lowest BCUT2D eigenvalue weighted by Crippen LogP contribution is -2.24. The van der Waals surface area contributed by atoms with Crippen LogP contribution in [0.4, 0.5) is 15.9 Å². The summed E-state index contributed by atoms with van der Waals surface area (Å²) < 4.78 is 19.9. The number of thiazole rings is 1. The van der Waals surface area contributed by atoms with Crippen molar-refractivity contribution in [3.05, 3.63) is 64.6 Å². The van der Waals surface area contributed by atoms with Gasteiger partial charge in [0.2, 0.25) is 5.43 Å². The monoisotopic (exact) mass is 507 g/mol. The van der Waals surface area contributed by atoms with E-state index in [9.17, 15) is 4.79 Å². The van der Waals surface area contributed by atoms with E-state index < -0.39 is 5.82 Å². The van der Waals surface area contributed by atoms with Gasteiger partial charge in [-0.3, -0.25) is 19.5 Å². The summed E-state index contributed by atoms with van der Waals surface area (Å²) in [7, 11) is 0. The molecular weight excluding hydrogens is 481 g/mol. The highest BCUT2D eigenvalue weighted by atomic mass is 32.1. The quantitative estimate of drug-likeness (QED) is 0.195. The molecule has 6 rings (SSSR count). The van der Waals surface area contributed by atoms with Crippen molar-refractivity contribution in [1.82, 2.24) is 24.3 Å². The van der Waals surface area contributed by atoms with Crippen LogP contribution >= 0.6 is 11.3 Å². The van der Waals surface area contributed by atoms with Crippen LogP contribution < -0.4 is 21.5 Å². The summed E-state index contributed by atoms with van der Waals surface area (Å²) in [4.78, 5) is 28.6. The highest BCUT2D eigenvalue weighted by Gasteiger charge is 2.21. The molecule has 4 heterocycles. The van der Waals surface area contributed by atoms with Crippen LogP contribution in [-0.4, -0.2) is 44.7 Å². The minimum atomic E-state index is -0.562. The lowest BCUT2D eigenvalue weighted by molar-refractivity contribution is 0.182. The Morgan fingerprint density at radius 3 is 2.92 bits per heavy atom. The third-order valence-electron chi connectivity index (χ3n) is 6.33. The third kappa shape index (κ3) is 4.29. The van der Waals surface area contributed by atoms with Gasteiger partial charge in [-0.15, -0.1) is 11.3 Å².